The van der Waals surface area contributed by atoms with Crippen molar-refractivity contribution < 1.29 is 13.9 Å². The molecule has 1 rings (SSSR count). The van der Waals surface area contributed by atoms with Gasteiger partial charge in [0.1, 0.15) is 0 Å². The van der Waals surface area contributed by atoms with Crippen LogP contribution in [0, 0.1) is 5.82 Å². The van der Waals surface area contributed by atoms with Gasteiger partial charge in [-0.1, -0.05) is 12.1 Å². The van der Waals surface area contributed by atoms with Crippen LogP contribution in [-0.2, 0) is 4.79 Å². The van der Waals surface area contributed by atoms with Gasteiger partial charge in [0.05, 0.1) is 0 Å². The molecule has 0 spiro atoms. The number of hydrogen-bond acceptors (Lipinski definition) is 3. The van der Waals surface area contributed by atoms with Crippen molar-refractivity contribution in [1.82, 2.24) is 10.6 Å². The van der Waals surface area contributed by atoms with Crippen molar-refractivity contribution in [2.24, 2.45) is 0 Å². The summed E-state index contributed by atoms with van der Waals surface area (Å²) in [7, 11) is 1.81. The first kappa shape index (κ1) is 16.7. The maximum Gasteiger partial charge on any atom is 0.257 e. The summed E-state index contributed by atoms with van der Waals surface area (Å²) in [6, 6.07) is 6.18. The molecule has 0 aromatic heterocycles. The number of benzene rings is 1. The van der Waals surface area contributed by atoms with Crippen LogP contribution in [0.4, 0.5) is 4.39 Å². The first-order chi connectivity index (χ1) is 8.13. The minimum atomic E-state index is -0.469. The zero-order valence-electron chi connectivity index (χ0n) is 10.4. The third-order valence-electron chi connectivity index (χ3n) is 2.29. The highest BCUT2D eigenvalue weighted by Gasteiger charge is 2.06. The van der Waals surface area contributed by atoms with Gasteiger partial charge < -0.3 is 15.4 Å². The highest BCUT2D eigenvalue weighted by Crippen LogP contribution is 2.14. The predicted octanol–water partition coefficient (Wildman–Crippen LogP) is 1.35. The molecular formula is C12H18ClFN2O2. The van der Waals surface area contributed by atoms with Gasteiger partial charge in [-0.05, 0) is 26.1 Å². The van der Waals surface area contributed by atoms with Crippen LogP contribution in [0.25, 0.3) is 0 Å². The minimum Gasteiger partial charge on any atom is -0.481 e. The number of likely N-dealkylation sites (N-methyl/N-ethyl adjacent to an activating group) is 1. The SMILES string of the molecule is CNC(C)CNC(=O)COc1ccccc1F.Cl. The molecule has 0 bridgehead atoms. The molecule has 0 radical (unpaired) electrons. The van der Waals surface area contributed by atoms with Crippen LogP contribution in [0.15, 0.2) is 24.3 Å². The molecule has 6 heteroatoms. The highest BCUT2D eigenvalue weighted by atomic mass is 35.5. The van der Waals surface area contributed by atoms with Crippen LogP contribution in [-0.4, -0.2) is 32.1 Å². The second-order valence-corrected chi connectivity index (χ2v) is 3.71. The van der Waals surface area contributed by atoms with E-state index >= 15 is 0 Å². The van der Waals surface area contributed by atoms with Crippen LogP contribution in [0.5, 0.6) is 5.75 Å². The third-order valence-corrected chi connectivity index (χ3v) is 2.29. The van der Waals surface area contributed by atoms with Gasteiger partial charge in [0, 0.05) is 12.6 Å². The van der Waals surface area contributed by atoms with E-state index in [0.717, 1.165) is 0 Å². The standard InChI is InChI=1S/C12H17FN2O2.ClH/c1-9(14-2)7-15-12(16)8-17-11-6-4-3-5-10(11)13;/h3-6,9,14H,7-8H2,1-2H3,(H,15,16);1H. The number of carbonyl (C=O) groups is 1. The summed E-state index contributed by atoms with van der Waals surface area (Å²) in [4.78, 5) is 11.4. The summed E-state index contributed by atoms with van der Waals surface area (Å²) >= 11 is 0. The number of rotatable bonds is 6. The summed E-state index contributed by atoms with van der Waals surface area (Å²) < 4.78 is 18.2. The zero-order chi connectivity index (χ0) is 12.7. The molecule has 0 heterocycles. The molecule has 0 fully saturated rings. The van der Waals surface area contributed by atoms with Gasteiger partial charge in [-0.15, -0.1) is 12.4 Å². The Hall–Kier alpha value is -1.33. The van der Waals surface area contributed by atoms with Gasteiger partial charge >= 0.3 is 0 Å². The van der Waals surface area contributed by atoms with Crippen LogP contribution in [0.3, 0.4) is 0 Å². The van der Waals surface area contributed by atoms with Crippen molar-refractivity contribution in [2.75, 3.05) is 20.2 Å². The molecule has 102 valence electrons. The fraction of sp³-hybridized carbons (Fsp3) is 0.417. The maximum atomic E-state index is 13.1. The molecule has 1 unspecified atom stereocenters. The van der Waals surface area contributed by atoms with E-state index < -0.39 is 5.82 Å². The smallest absolute Gasteiger partial charge is 0.257 e. The lowest BCUT2D eigenvalue weighted by Gasteiger charge is -2.12. The van der Waals surface area contributed by atoms with Crippen molar-refractivity contribution in [3.63, 3.8) is 0 Å². The Labute approximate surface area is 112 Å². The Morgan fingerprint density at radius 3 is 2.72 bits per heavy atom. The number of ether oxygens (including phenoxy) is 1. The molecule has 1 amide bonds. The largest absolute Gasteiger partial charge is 0.481 e. The van der Waals surface area contributed by atoms with Gasteiger partial charge in [0.15, 0.2) is 18.2 Å². The molecule has 0 aliphatic carbocycles. The Balaban J connectivity index is 0.00000289. The van der Waals surface area contributed by atoms with Gasteiger partial charge in [-0.3, -0.25) is 4.79 Å². The second kappa shape index (κ2) is 8.72. The summed E-state index contributed by atoms with van der Waals surface area (Å²) in [5.41, 5.74) is 0. The van der Waals surface area contributed by atoms with Crippen LogP contribution >= 0.6 is 12.4 Å². The second-order valence-electron chi connectivity index (χ2n) is 3.71. The lowest BCUT2D eigenvalue weighted by Crippen LogP contribution is -2.39. The fourth-order valence-corrected chi connectivity index (χ4v) is 1.13. The topological polar surface area (TPSA) is 50.4 Å². The van der Waals surface area contributed by atoms with E-state index in [2.05, 4.69) is 10.6 Å². The number of nitrogens with one attached hydrogen (secondary N) is 2. The molecule has 1 atom stereocenters. The normalized spacial score (nSPS) is 11.3. The highest BCUT2D eigenvalue weighted by molar-refractivity contribution is 5.85. The Kier molecular flexibility index (Phi) is 8.07. The van der Waals surface area contributed by atoms with E-state index in [-0.39, 0.29) is 36.7 Å². The van der Waals surface area contributed by atoms with Crippen LogP contribution in [0.2, 0.25) is 0 Å². The number of amides is 1. The first-order valence-corrected chi connectivity index (χ1v) is 5.44. The average Bonchev–Trinajstić information content (AvgIpc) is 2.35. The van der Waals surface area contributed by atoms with Crippen molar-refractivity contribution >= 4 is 18.3 Å². The average molecular weight is 277 g/mol. The predicted molar refractivity (Wildman–Crippen MR) is 70.7 cm³/mol. The van der Waals surface area contributed by atoms with Gasteiger partial charge in [-0.25, -0.2) is 4.39 Å². The number of carbonyl (C=O) groups excluding carboxylic acids is 1. The van der Waals surface area contributed by atoms with E-state index in [1.165, 1.54) is 12.1 Å². The van der Waals surface area contributed by atoms with Gasteiger partial charge in [-0.2, -0.15) is 0 Å². The van der Waals surface area contributed by atoms with Crippen molar-refractivity contribution in [3.8, 4) is 5.75 Å². The maximum absolute atomic E-state index is 13.1. The van der Waals surface area contributed by atoms with Crippen LogP contribution in [0.1, 0.15) is 6.92 Å². The Morgan fingerprint density at radius 2 is 2.11 bits per heavy atom. The summed E-state index contributed by atoms with van der Waals surface area (Å²) in [5.74, 6) is -0.649. The van der Waals surface area contributed by atoms with E-state index in [1.54, 1.807) is 12.1 Å². The zero-order valence-corrected chi connectivity index (χ0v) is 11.2. The molecular weight excluding hydrogens is 259 g/mol. The van der Waals surface area contributed by atoms with Gasteiger partial charge in [0.2, 0.25) is 0 Å². The van der Waals surface area contributed by atoms with E-state index in [1.807, 2.05) is 14.0 Å². The Bertz CT molecular complexity index is 377. The molecule has 4 nitrogen and oxygen atoms in total. The number of hydrogen-bond donors (Lipinski definition) is 2. The minimum absolute atomic E-state index is 0. The lowest BCUT2D eigenvalue weighted by molar-refractivity contribution is -0.123. The van der Waals surface area contributed by atoms with Crippen molar-refractivity contribution in [3.05, 3.63) is 30.1 Å². The van der Waals surface area contributed by atoms with Crippen molar-refractivity contribution in [1.29, 1.82) is 0 Å². The Morgan fingerprint density at radius 1 is 1.44 bits per heavy atom. The molecule has 0 aliphatic heterocycles. The molecule has 18 heavy (non-hydrogen) atoms. The third kappa shape index (κ3) is 5.84. The molecule has 1 aromatic rings. The number of para-hydroxylation sites is 1. The fourth-order valence-electron chi connectivity index (χ4n) is 1.13. The monoisotopic (exact) mass is 276 g/mol. The van der Waals surface area contributed by atoms with E-state index in [9.17, 15) is 9.18 Å². The molecule has 2 N–H and O–H groups in total. The lowest BCUT2D eigenvalue weighted by atomic mass is 10.3. The van der Waals surface area contributed by atoms with E-state index in [4.69, 9.17) is 4.74 Å². The molecule has 0 aliphatic rings. The summed E-state index contributed by atoms with van der Waals surface area (Å²) in [5, 5.41) is 5.66. The summed E-state index contributed by atoms with van der Waals surface area (Å²) in [6.45, 7) is 2.27. The molecule has 0 saturated heterocycles. The summed E-state index contributed by atoms with van der Waals surface area (Å²) in [6.07, 6.45) is 0. The quantitative estimate of drug-likeness (QED) is 0.825. The van der Waals surface area contributed by atoms with Crippen LogP contribution < -0.4 is 15.4 Å². The number of halogens is 2. The van der Waals surface area contributed by atoms with Gasteiger partial charge in [0.25, 0.3) is 5.91 Å². The molecule has 0 saturated carbocycles. The van der Waals surface area contributed by atoms with Crippen molar-refractivity contribution in [2.45, 2.75) is 13.0 Å². The first-order valence-electron chi connectivity index (χ1n) is 5.44. The van der Waals surface area contributed by atoms with E-state index in [0.29, 0.717) is 6.54 Å². The molecule has 1 aromatic carbocycles.